The first-order valence-electron chi connectivity index (χ1n) is 5.50. The third kappa shape index (κ3) is 2.53. The van der Waals surface area contributed by atoms with E-state index >= 15 is 0 Å². The minimum atomic E-state index is -0.859. The number of carbonyl (C=O) groups is 1. The molecule has 0 atom stereocenters. The summed E-state index contributed by atoms with van der Waals surface area (Å²) in [6.07, 6.45) is 0.353. The number of methoxy groups -OCH3 is 1. The second-order valence-electron chi connectivity index (χ2n) is 3.79. The van der Waals surface area contributed by atoms with Crippen LogP contribution in [0.15, 0.2) is 10.5 Å². The predicted molar refractivity (Wildman–Crippen MR) is 67.6 cm³/mol. The molecule has 0 aliphatic carbocycles. The number of aliphatic carboxylic acids is 1. The van der Waals surface area contributed by atoms with E-state index in [0.29, 0.717) is 36.9 Å². The Labute approximate surface area is 113 Å². The van der Waals surface area contributed by atoms with Gasteiger partial charge in [-0.05, 0) is 22.4 Å². The van der Waals surface area contributed by atoms with Gasteiger partial charge in [-0.3, -0.25) is 4.79 Å². The fourth-order valence-electron chi connectivity index (χ4n) is 1.88. The van der Waals surface area contributed by atoms with Gasteiger partial charge < -0.3 is 19.3 Å². The van der Waals surface area contributed by atoms with Crippen molar-refractivity contribution in [2.75, 3.05) is 20.3 Å². The number of halogens is 1. The highest BCUT2D eigenvalue weighted by atomic mass is 79.9. The molecule has 0 radical (unpaired) electrons. The van der Waals surface area contributed by atoms with E-state index in [2.05, 4.69) is 15.9 Å². The number of ether oxygens (including phenoxy) is 3. The highest BCUT2D eigenvalue weighted by Crippen LogP contribution is 2.44. The van der Waals surface area contributed by atoms with Crippen molar-refractivity contribution >= 4 is 21.9 Å². The van der Waals surface area contributed by atoms with Crippen molar-refractivity contribution in [3.8, 4) is 17.2 Å². The van der Waals surface area contributed by atoms with Gasteiger partial charge in [-0.1, -0.05) is 0 Å². The largest absolute Gasteiger partial charge is 0.495 e. The number of hydrogen-bond donors (Lipinski definition) is 1. The topological polar surface area (TPSA) is 65.0 Å². The Kier molecular flexibility index (Phi) is 3.96. The SMILES string of the molecule is COc1c(Br)cc2c(c1CCC(=O)O)OCCO2. The summed E-state index contributed by atoms with van der Waals surface area (Å²) < 4.78 is 17.1. The first-order valence-corrected chi connectivity index (χ1v) is 6.29. The highest BCUT2D eigenvalue weighted by molar-refractivity contribution is 9.10. The molecule has 0 spiro atoms. The predicted octanol–water partition coefficient (Wildman–Crippen LogP) is 2.25. The number of fused-ring (bicyclic) bond motifs is 1. The maximum atomic E-state index is 10.7. The van der Waals surface area contributed by atoms with Gasteiger partial charge in [0.15, 0.2) is 11.5 Å². The Morgan fingerprint density at radius 3 is 2.89 bits per heavy atom. The summed E-state index contributed by atoms with van der Waals surface area (Å²) in [5.41, 5.74) is 0.726. The molecule has 0 aromatic heterocycles. The van der Waals surface area contributed by atoms with Gasteiger partial charge in [-0.2, -0.15) is 0 Å². The van der Waals surface area contributed by atoms with Gasteiger partial charge >= 0.3 is 5.97 Å². The number of rotatable bonds is 4. The van der Waals surface area contributed by atoms with E-state index in [4.69, 9.17) is 19.3 Å². The summed E-state index contributed by atoms with van der Waals surface area (Å²) in [6.45, 7) is 0.946. The smallest absolute Gasteiger partial charge is 0.303 e. The van der Waals surface area contributed by atoms with Crippen molar-refractivity contribution in [1.29, 1.82) is 0 Å². The molecule has 0 bridgehead atoms. The van der Waals surface area contributed by atoms with Gasteiger partial charge in [0.1, 0.15) is 19.0 Å². The molecule has 5 nitrogen and oxygen atoms in total. The first kappa shape index (κ1) is 13.0. The van der Waals surface area contributed by atoms with Crippen molar-refractivity contribution in [3.05, 3.63) is 16.1 Å². The van der Waals surface area contributed by atoms with Crippen LogP contribution in [0.3, 0.4) is 0 Å². The molecule has 0 saturated heterocycles. The van der Waals surface area contributed by atoms with Gasteiger partial charge in [0, 0.05) is 18.1 Å². The zero-order valence-corrected chi connectivity index (χ0v) is 11.4. The average Bonchev–Trinajstić information content (AvgIpc) is 2.35. The van der Waals surface area contributed by atoms with Gasteiger partial charge in [-0.25, -0.2) is 0 Å². The molecule has 1 aliphatic rings. The van der Waals surface area contributed by atoms with Crippen molar-refractivity contribution in [3.63, 3.8) is 0 Å². The lowest BCUT2D eigenvalue weighted by Crippen LogP contribution is -2.17. The number of carboxylic acid groups (broad SMARTS) is 1. The van der Waals surface area contributed by atoms with E-state index in [1.54, 1.807) is 13.2 Å². The maximum Gasteiger partial charge on any atom is 0.303 e. The standard InChI is InChI=1S/C12H13BrO5/c1-16-11-7(2-3-10(14)15)12-9(6-8(11)13)17-4-5-18-12/h6H,2-5H2,1H3,(H,14,15). The quantitative estimate of drug-likeness (QED) is 0.923. The Balaban J connectivity index is 2.44. The van der Waals surface area contributed by atoms with Gasteiger partial charge in [-0.15, -0.1) is 0 Å². The van der Waals surface area contributed by atoms with E-state index in [-0.39, 0.29) is 6.42 Å². The molecular weight excluding hydrogens is 304 g/mol. The van der Waals surface area contributed by atoms with Crippen molar-refractivity contribution in [1.82, 2.24) is 0 Å². The Morgan fingerprint density at radius 1 is 1.50 bits per heavy atom. The van der Waals surface area contributed by atoms with Crippen LogP contribution in [-0.4, -0.2) is 31.4 Å². The fourth-order valence-corrected chi connectivity index (χ4v) is 2.49. The van der Waals surface area contributed by atoms with Gasteiger partial charge in [0.2, 0.25) is 0 Å². The van der Waals surface area contributed by atoms with Crippen LogP contribution < -0.4 is 14.2 Å². The molecule has 1 aromatic carbocycles. The summed E-state index contributed by atoms with van der Waals surface area (Å²) in [7, 11) is 1.54. The van der Waals surface area contributed by atoms with Crippen LogP contribution >= 0.6 is 15.9 Å². The molecule has 0 unspecified atom stereocenters. The maximum absolute atomic E-state index is 10.7. The van der Waals surface area contributed by atoms with Crippen LogP contribution in [-0.2, 0) is 11.2 Å². The fraction of sp³-hybridized carbons (Fsp3) is 0.417. The third-order valence-corrected chi connectivity index (χ3v) is 3.22. The zero-order valence-electron chi connectivity index (χ0n) is 9.86. The molecule has 0 saturated carbocycles. The molecule has 1 aliphatic heterocycles. The second-order valence-corrected chi connectivity index (χ2v) is 4.64. The molecule has 2 rings (SSSR count). The lowest BCUT2D eigenvalue weighted by molar-refractivity contribution is -0.136. The van der Waals surface area contributed by atoms with Crippen LogP contribution in [0, 0.1) is 0 Å². The van der Waals surface area contributed by atoms with Crippen LogP contribution in [0.5, 0.6) is 17.2 Å². The normalized spacial score (nSPS) is 13.2. The van der Waals surface area contributed by atoms with Crippen LogP contribution in [0.4, 0.5) is 0 Å². The molecule has 0 amide bonds. The minimum absolute atomic E-state index is 0.0165. The monoisotopic (exact) mass is 316 g/mol. The van der Waals surface area contributed by atoms with Crippen LogP contribution in [0.1, 0.15) is 12.0 Å². The molecule has 18 heavy (non-hydrogen) atoms. The lowest BCUT2D eigenvalue weighted by atomic mass is 10.1. The summed E-state index contributed by atoms with van der Waals surface area (Å²) in [5, 5.41) is 8.79. The number of hydrogen-bond acceptors (Lipinski definition) is 4. The Morgan fingerprint density at radius 2 is 2.22 bits per heavy atom. The summed E-state index contributed by atoms with van der Waals surface area (Å²) in [6, 6.07) is 1.78. The van der Waals surface area contributed by atoms with E-state index in [1.807, 2.05) is 0 Å². The van der Waals surface area contributed by atoms with E-state index < -0.39 is 5.97 Å². The average molecular weight is 317 g/mol. The van der Waals surface area contributed by atoms with E-state index in [0.717, 1.165) is 10.0 Å². The summed E-state index contributed by atoms with van der Waals surface area (Å²) in [4.78, 5) is 10.7. The minimum Gasteiger partial charge on any atom is -0.495 e. The van der Waals surface area contributed by atoms with Gasteiger partial charge in [0.25, 0.3) is 0 Å². The van der Waals surface area contributed by atoms with Crippen molar-refractivity contribution in [2.45, 2.75) is 12.8 Å². The molecule has 98 valence electrons. The summed E-state index contributed by atoms with van der Waals surface area (Å²) >= 11 is 3.39. The molecule has 1 N–H and O–H groups in total. The molecule has 6 heteroatoms. The second kappa shape index (κ2) is 5.48. The van der Waals surface area contributed by atoms with E-state index in [9.17, 15) is 4.79 Å². The van der Waals surface area contributed by atoms with E-state index in [1.165, 1.54) is 0 Å². The Bertz CT molecular complexity index is 472. The van der Waals surface area contributed by atoms with Crippen LogP contribution in [0.2, 0.25) is 0 Å². The lowest BCUT2D eigenvalue weighted by Gasteiger charge is -2.23. The number of benzene rings is 1. The molecular formula is C12H13BrO5. The molecule has 1 heterocycles. The zero-order chi connectivity index (χ0) is 13.1. The summed E-state index contributed by atoms with van der Waals surface area (Å²) in [5.74, 6) is 0.944. The van der Waals surface area contributed by atoms with Crippen molar-refractivity contribution < 1.29 is 24.1 Å². The molecule has 1 aromatic rings. The Hall–Kier alpha value is -1.43. The molecule has 0 fully saturated rings. The van der Waals surface area contributed by atoms with Gasteiger partial charge in [0.05, 0.1) is 11.6 Å². The highest BCUT2D eigenvalue weighted by Gasteiger charge is 2.23. The number of carboxylic acids is 1. The van der Waals surface area contributed by atoms with Crippen LogP contribution in [0.25, 0.3) is 0 Å². The first-order chi connectivity index (χ1) is 8.63. The van der Waals surface area contributed by atoms with Crippen molar-refractivity contribution in [2.24, 2.45) is 0 Å². The third-order valence-electron chi connectivity index (χ3n) is 2.63.